The van der Waals surface area contributed by atoms with Gasteiger partial charge in [0.25, 0.3) is 0 Å². The lowest BCUT2D eigenvalue weighted by atomic mass is 10.4. The van der Waals surface area contributed by atoms with Crippen molar-refractivity contribution >= 4 is 5.95 Å². The molecule has 0 fully saturated rings. The zero-order valence-electron chi connectivity index (χ0n) is 7.05. The van der Waals surface area contributed by atoms with Gasteiger partial charge in [-0.3, -0.25) is 0 Å². The Morgan fingerprint density at radius 1 is 1.38 bits per heavy atom. The van der Waals surface area contributed by atoms with Crippen LogP contribution in [0.3, 0.4) is 0 Å². The maximum atomic E-state index is 5.44. The van der Waals surface area contributed by atoms with E-state index in [1.165, 1.54) is 6.33 Å². The predicted molar refractivity (Wildman–Crippen MR) is 46.4 cm³/mol. The van der Waals surface area contributed by atoms with Crippen molar-refractivity contribution in [2.24, 2.45) is 7.05 Å². The summed E-state index contributed by atoms with van der Waals surface area (Å²) >= 11 is 0. The molecule has 2 aromatic rings. The van der Waals surface area contributed by atoms with Crippen LogP contribution in [0, 0.1) is 0 Å². The topological polar surface area (TPSA) is 82.5 Å². The van der Waals surface area contributed by atoms with E-state index in [0.717, 1.165) is 0 Å². The summed E-state index contributed by atoms with van der Waals surface area (Å²) < 4.78 is 1.63. The minimum absolute atomic E-state index is 0.237. The average Bonchev–Trinajstić information content (AvgIpc) is 2.51. The fourth-order valence-corrected chi connectivity index (χ4v) is 1.03. The molecule has 0 atom stereocenters. The molecule has 0 saturated heterocycles. The smallest absolute Gasteiger partial charge is 0.220 e. The number of nitrogen functional groups attached to an aromatic ring is 1. The molecule has 2 N–H and O–H groups in total. The Hall–Kier alpha value is -1.98. The molecule has 0 aliphatic rings. The summed E-state index contributed by atoms with van der Waals surface area (Å²) in [6.07, 6.45) is 3.06. The van der Waals surface area contributed by atoms with Gasteiger partial charge in [0.1, 0.15) is 12.0 Å². The second-order valence-corrected chi connectivity index (χ2v) is 2.51. The van der Waals surface area contributed by atoms with Gasteiger partial charge in [-0.1, -0.05) is 0 Å². The highest BCUT2D eigenvalue weighted by molar-refractivity contribution is 5.49. The fraction of sp³-hybridized carbons (Fsp3) is 0.143. The fourth-order valence-electron chi connectivity index (χ4n) is 1.03. The van der Waals surface area contributed by atoms with E-state index >= 15 is 0 Å². The summed E-state index contributed by atoms with van der Waals surface area (Å²) in [6, 6.07) is 1.74. The highest BCUT2D eigenvalue weighted by Crippen LogP contribution is 2.11. The maximum absolute atomic E-state index is 5.44. The van der Waals surface area contributed by atoms with Gasteiger partial charge in [0.2, 0.25) is 5.95 Å². The summed E-state index contributed by atoms with van der Waals surface area (Å²) in [4.78, 5) is 11.8. The van der Waals surface area contributed by atoms with Crippen molar-refractivity contribution in [3.05, 3.63) is 18.6 Å². The first kappa shape index (κ1) is 7.66. The molecule has 13 heavy (non-hydrogen) atoms. The van der Waals surface area contributed by atoms with Crippen molar-refractivity contribution in [1.29, 1.82) is 0 Å². The van der Waals surface area contributed by atoms with Crippen LogP contribution in [0.2, 0.25) is 0 Å². The van der Waals surface area contributed by atoms with Crippen molar-refractivity contribution in [2.75, 3.05) is 5.73 Å². The van der Waals surface area contributed by atoms with Crippen molar-refractivity contribution in [3.63, 3.8) is 0 Å². The van der Waals surface area contributed by atoms with Gasteiger partial charge in [-0.2, -0.15) is 5.10 Å². The molecule has 0 amide bonds. The zero-order valence-corrected chi connectivity index (χ0v) is 7.05. The molecule has 6 heteroatoms. The Labute approximate surface area is 74.5 Å². The molecule has 0 aliphatic carbocycles. The van der Waals surface area contributed by atoms with Gasteiger partial charge in [-0.05, 0) is 6.07 Å². The molecule has 0 aliphatic heterocycles. The van der Waals surface area contributed by atoms with E-state index in [0.29, 0.717) is 11.5 Å². The minimum atomic E-state index is 0.237. The third-order valence-corrected chi connectivity index (χ3v) is 1.61. The van der Waals surface area contributed by atoms with Gasteiger partial charge >= 0.3 is 0 Å². The van der Waals surface area contributed by atoms with Gasteiger partial charge in [-0.25, -0.2) is 19.6 Å². The van der Waals surface area contributed by atoms with Crippen LogP contribution in [0.15, 0.2) is 18.6 Å². The van der Waals surface area contributed by atoms with E-state index in [2.05, 4.69) is 20.1 Å². The van der Waals surface area contributed by atoms with E-state index < -0.39 is 0 Å². The minimum Gasteiger partial charge on any atom is -0.368 e. The Morgan fingerprint density at radius 2 is 2.23 bits per heavy atom. The van der Waals surface area contributed by atoms with Crippen LogP contribution in [0.25, 0.3) is 11.5 Å². The number of nitrogens with two attached hydrogens (primary N) is 1. The molecular weight excluding hydrogens is 168 g/mol. The summed E-state index contributed by atoms with van der Waals surface area (Å²) in [5.74, 6) is 0.912. The zero-order chi connectivity index (χ0) is 9.26. The van der Waals surface area contributed by atoms with E-state index in [-0.39, 0.29) is 5.95 Å². The van der Waals surface area contributed by atoms with Gasteiger partial charge in [0, 0.05) is 13.2 Å². The second-order valence-electron chi connectivity index (χ2n) is 2.51. The van der Waals surface area contributed by atoms with E-state index in [4.69, 9.17) is 5.73 Å². The predicted octanol–water partition coefficient (Wildman–Crippen LogP) is -0.146. The average molecular weight is 176 g/mol. The van der Waals surface area contributed by atoms with Crippen LogP contribution in [-0.2, 0) is 7.05 Å². The molecule has 0 radical (unpaired) electrons. The van der Waals surface area contributed by atoms with Crippen LogP contribution < -0.4 is 5.73 Å². The Balaban J connectivity index is 2.53. The number of aromatic nitrogens is 5. The number of hydrogen-bond acceptors (Lipinski definition) is 5. The summed E-state index contributed by atoms with van der Waals surface area (Å²) in [5.41, 5.74) is 6.11. The molecule has 6 nitrogen and oxygen atoms in total. The van der Waals surface area contributed by atoms with Crippen LogP contribution in [0.1, 0.15) is 0 Å². The summed E-state index contributed by atoms with van der Waals surface area (Å²) in [6.45, 7) is 0. The maximum Gasteiger partial charge on any atom is 0.220 e. The molecule has 66 valence electrons. The normalized spacial score (nSPS) is 10.2. The molecule has 2 rings (SSSR count). The highest BCUT2D eigenvalue weighted by atomic mass is 15.3. The summed E-state index contributed by atoms with van der Waals surface area (Å²) in [7, 11) is 1.79. The van der Waals surface area contributed by atoms with Gasteiger partial charge in [-0.15, -0.1) is 0 Å². The molecule has 0 saturated carbocycles. The number of aryl methyl sites for hydroxylation is 1. The van der Waals surface area contributed by atoms with Crippen molar-refractivity contribution in [1.82, 2.24) is 24.7 Å². The lowest BCUT2D eigenvalue weighted by molar-refractivity contribution is 0.771. The van der Waals surface area contributed by atoms with Gasteiger partial charge < -0.3 is 5.73 Å². The number of rotatable bonds is 1. The Bertz CT molecular complexity index is 420. The standard InChI is InChI=1S/C7H8N6/c1-13-6(10-4-11-13)5-2-3-9-7(8)12-5/h2-4H,1H3,(H2,8,9,12). The SMILES string of the molecule is Cn1ncnc1-c1ccnc(N)n1. The summed E-state index contributed by atoms with van der Waals surface area (Å²) in [5, 5.41) is 3.93. The van der Waals surface area contributed by atoms with Gasteiger partial charge in [0.05, 0.1) is 0 Å². The molecule has 0 unspecified atom stereocenters. The van der Waals surface area contributed by atoms with E-state index in [1.807, 2.05) is 0 Å². The monoisotopic (exact) mass is 176 g/mol. The molecular formula is C7H8N6. The molecule has 2 aromatic heterocycles. The lowest BCUT2D eigenvalue weighted by Crippen LogP contribution is -2.00. The largest absolute Gasteiger partial charge is 0.368 e. The Kier molecular flexibility index (Phi) is 1.66. The van der Waals surface area contributed by atoms with Crippen LogP contribution in [-0.4, -0.2) is 24.7 Å². The lowest BCUT2D eigenvalue weighted by Gasteiger charge is -1.98. The molecule has 0 spiro atoms. The third kappa shape index (κ3) is 1.33. The van der Waals surface area contributed by atoms with Crippen molar-refractivity contribution in [2.45, 2.75) is 0 Å². The van der Waals surface area contributed by atoms with Crippen molar-refractivity contribution < 1.29 is 0 Å². The Morgan fingerprint density at radius 3 is 2.85 bits per heavy atom. The van der Waals surface area contributed by atoms with Crippen LogP contribution in [0.5, 0.6) is 0 Å². The third-order valence-electron chi connectivity index (χ3n) is 1.61. The molecule has 2 heterocycles. The van der Waals surface area contributed by atoms with Crippen LogP contribution >= 0.6 is 0 Å². The molecule has 0 aromatic carbocycles. The second kappa shape index (κ2) is 2.81. The number of hydrogen-bond donors (Lipinski definition) is 1. The first-order chi connectivity index (χ1) is 6.27. The highest BCUT2D eigenvalue weighted by Gasteiger charge is 2.05. The quantitative estimate of drug-likeness (QED) is 0.653. The van der Waals surface area contributed by atoms with E-state index in [1.54, 1.807) is 24.0 Å². The number of anilines is 1. The first-order valence-corrected chi connectivity index (χ1v) is 3.70. The molecule has 0 bridgehead atoms. The van der Waals surface area contributed by atoms with Gasteiger partial charge in [0.15, 0.2) is 5.82 Å². The van der Waals surface area contributed by atoms with E-state index in [9.17, 15) is 0 Å². The van der Waals surface area contributed by atoms with Crippen molar-refractivity contribution in [3.8, 4) is 11.5 Å². The number of nitrogens with zero attached hydrogens (tertiary/aromatic N) is 5. The van der Waals surface area contributed by atoms with Crippen LogP contribution in [0.4, 0.5) is 5.95 Å². The first-order valence-electron chi connectivity index (χ1n) is 3.70.